The summed E-state index contributed by atoms with van der Waals surface area (Å²) in [6.45, 7) is 6.99. The third-order valence-corrected chi connectivity index (χ3v) is 2.60. The fourth-order valence-electron chi connectivity index (χ4n) is 1.86. The van der Waals surface area contributed by atoms with Crippen LogP contribution in [0, 0.1) is 5.92 Å². The molecule has 14 heavy (non-hydrogen) atoms. The fourth-order valence-corrected chi connectivity index (χ4v) is 1.86. The molecule has 3 heteroatoms. The average Bonchev–Trinajstić information content (AvgIpc) is 2.50. The van der Waals surface area contributed by atoms with E-state index in [4.69, 9.17) is 10.5 Å². The average molecular weight is 200 g/mol. The monoisotopic (exact) mass is 200 g/mol. The Labute approximate surface area is 87.4 Å². The van der Waals surface area contributed by atoms with Gasteiger partial charge in [0.05, 0.1) is 6.61 Å². The second-order valence-corrected chi connectivity index (χ2v) is 4.69. The van der Waals surface area contributed by atoms with E-state index < -0.39 is 0 Å². The predicted octanol–water partition coefficient (Wildman–Crippen LogP) is 1.13. The van der Waals surface area contributed by atoms with Crippen LogP contribution in [0.25, 0.3) is 0 Å². The summed E-state index contributed by atoms with van der Waals surface area (Å²) >= 11 is 0. The van der Waals surface area contributed by atoms with E-state index in [1.54, 1.807) is 0 Å². The molecule has 0 aromatic carbocycles. The topological polar surface area (TPSA) is 47.3 Å². The summed E-state index contributed by atoms with van der Waals surface area (Å²) in [4.78, 5) is 0. The molecule has 3 N–H and O–H groups in total. The Kier molecular flexibility index (Phi) is 5.45. The van der Waals surface area contributed by atoms with Crippen molar-refractivity contribution in [2.45, 2.75) is 45.2 Å². The van der Waals surface area contributed by atoms with Gasteiger partial charge in [0.15, 0.2) is 0 Å². The van der Waals surface area contributed by atoms with E-state index in [0.29, 0.717) is 18.0 Å². The van der Waals surface area contributed by atoms with Gasteiger partial charge in [-0.05, 0) is 25.2 Å². The molecule has 0 heterocycles. The van der Waals surface area contributed by atoms with Gasteiger partial charge in [-0.15, -0.1) is 0 Å². The van der Waals surface area contributed by atoms with E-state index >= 15 is 0 Å². The molecule has 0 amide bonds. The lowest BCUT2D eigenvalue weighted by molar-refractivity contribution is 0.110. The highest BCUT2D eigenvalue weighted by Gasteiger charge is 2.20. The molecule has 84 valence electrons. The first-order valence-electron chi connectivity index (χ1n) is 5.75. The Hall–Kier alpha value is -0.120. The van der Waals surface area contributed by atoms with Gasteiger partial charge in [0.25, 0.3) is 0 Å². The fraction of sp³-hybridized carbons (Fsp3) is 1.00. The molecule has 0 aromatic rings. The van der Waals surface area contributed by atoms with Crippen LogP contribution < -0.4 is 11.1 Å². The molecule has 0 radical (unpaired) electrons. The minimum atomic E-state index is 0.420. The van der Waals surface area contributed by atoms with Crippen LogP contribution in [-0.4, -0.2) is 31.8 Å². The minimum absolute atomic E-state index is 0.420. The molecular weight excluding hydrogens is 176 g/mol. The van der Waals surface area contributed by atoms with E-state index in [9.17, 15) is 0 Å². The quantitative estimate of drug-likeness (QED) is 0.632. The first-order valence-corrected chi connectivity index (χ1v) is 5.75. The highest BCUT2D eigenvalue weighted by Crippen LogP contribution is 2.16. The van der Waals surface area contributed by atoms with Gasteiger partial charge < -0.3 is 15.8 Å². The van der Waals surface area contributed by atoms with E-state index in [2.05, 4.69) is 19.2 Å². The standard InChI is InChI=1S/C11H24N2O/c1-9(2)8-14-6-5-13-11-4-3-10(12)7-11/h9-11,13H,3-8,12H2,1-2H3. The Balaban J connectivity index is 1.89. The normalized spacial score (nSPS) is 27.4. The van der Waals surface area contributed by atoms with Crippen molar-refractivity contribution >= 4 is 0 Å². The summed E-state index contributed by atoms with van der Waals surface area (Å²) in [7, 11) is 0. The van der Waals surface area contributed by atoms with Crippen LogP contribution in [-0.2, 0) is 4.74 Å². The maximum atomic E-state index is 5.82. The van der Waals surface area contributed by atoms with Crippen molar-refractivity contribution in [2.24, 2.45) is 11.7 Å². The van der Waals surface area contributed by atoms with Crippen molar-refractivity contribution in [3.8, 4) is 0 Å². The zero-order valence-electron chi connectivity index (χ0n) is 9.46. The van der Waals surface area contributed by atoms with Crippen LogP contribution in [0.3, 0.4) is 0 Å². The maximum absolute atomic E-state index is 5.82. The van der Waals surface area contributed by atoms with Gasteiger partial charge in [0.1, 0.15) is 0 Å². The lowest BCUT2D eigenvalue weighted by Crippen LogP contribution is -2.31. The SMILES string of the molecule is CC(C)COCCNC1CCC(N)C1. The molecule has 0 saturated heterocycles. The van der Waals surface area contributed by atoms with Gasteiger partial charge in [-0.1, -0.05) is 13.8 Å². The van der Waals surface area contributed by atoms with Gasteiger partial charge in [-0.3, -0.25) is 0 Å². The molecule has 1 aliphatic carbocycles. The van der Waals surface area contributed by atoms with Crippen LogP contribution in [0.4, 0.5) is 0 Å². The summed E-state index contributed by atoms with van der Waals surface area (Å²) in [5.41, 5.74) is 5.82. The van der Waals surface area contributed by atoms with Gasteiger partial charge >= 0.3 is 0 Å². The smallest absolute Gasteiger partial charge is 0.0591 e. The third-order valence-electron chi connectivity index (χ3n) is 2.60. The lowest BCUT2D eigenvalue weighted by Gasteiger charge is -2.12. The molecule has 0 spiro atoms. The summed E-state index contributed by atoms with van der Waals surface area (Å²) < 4.78 is 5.49. The van der Waals surface area contributed by atoms with Gasteiger partial charge in [-0.25, -0.2) is 0 Å². The number of nitrogens with two attached hydrogens (primary N) is 1. The van der Waals surface area contributed by atoms with Crippen molar-refractivity contribution < 1.29 is 4.74 Å². The first-order chi connectivity index (χ1) is 6.68. The van der Waals surface area contributed by atoms with E-state index in [-0.39, 0.29) is 0 Å². The number of hydrogen-bond acceptors (Lipinski definition) is 3. The van der Waals surface area contributed by atoms with Crippen molar-refractivity contribution in [1.29, 1.82) is 0 Å². The van der Waals surface area contributed by atoms with Crippen LogP contribution in [0.1, 0.15) is 33.1 Å². The van der Waals surface area contributed by atoms with E-state index in [1.165, 1.54) is 12.8 Å². The molecule has 1 fully saturated rings. The Morgan fingerprint density at radius 3 is 2.79 bits per heavy atom. The summed E-state index contributed by atoms with van der Waals surface area (Å²) in [6.07, 6.45) is 3.53. The maximum Gasteiger partial charge on any atom is 0.0591 e. The molecule has 0 aromatic heterocycles. The van der Waals surface area contributed by atoms with Crippen molar-refractivity contribution in [3.05, 3.63) is 0 Å². The highest BCUT2D eigenvalue weighted by molar-refractivity contribution is 4.82. The molecular formula is C11H24N2O. The molecule has 2 atom stereocenters. The largest absolute Gasteiger partial charge is 0.380 e. The molecule has 0 bridgehead atoms. The van der Waals surface area contributed by atoms with Crippen molar-refractivity contribution in [3.63, 3.8) is 0 Å². The second-order valence-electron chi connectivity index (χ2n) is 4.69. The van der Waals surface area contributed by atoms with Crippen LogP contribution in [0.5, 0.6) is 0 Å². The Bertz CT molecular complexity index is 150. The molecule has 1 saturated carbocycles. The van der Waals surface area contributed by atoms with Gasteiger partial charge in [-0.2, -0.15) is 0 Å². The van der Waals surface area contributed by atoms with Crippen molar-refractivity contribution in [2.75, 3.05) is 19.8 Å². The number of ether oxygens (including phenoxy) is 1. The predicted molar refractivity (Wildman–Crippen MR) is 59.3 cm³/mol. The Morgan fingerprint density at radius 1 is 1.43 bits per heavy atom. The number of rotatable bonds is 6. The van der Waals surface area contributed by atoms with Gasteiger partial charge in [0.2, 0.25) is 0 Å². The van der Waals surface area contributed by atoms with Crippen molar-refractivity contribution in [1.82, 2.24) is 5.32 Å². The first kappa shape index (κ1) is 12.0. The molecule has 1 rings (SSSR count). The number of nitrogens with one attached hydrogen (secondary N) is 1. The molecule has 3 nitrogen and oxygen atoms in total. The minimum Gasteiger partial charge on any atom is -0.380 e. The molecule has 1 aliphatic rings. The van der Waals surface area contributed by atoms with Crippen LogP contribution >= 0.6 is 0 Å². The van der Waals surface area contributed by atoms with Crippen LogP contribution in [0.2, 0.25) is 0 Å². The van der Waals surface area contributed by atoms with E-state index in [0.717, 1.165) is 26.2 Å². The van der Waals surface area contributed by atoms with E-state index in [1.807, 2.05) is 0 Å². The summed E-state index contributed by atoms with van der Waals surface area (Å²) in [6, 6.07) is 1.05. The summed E-state index contributed by atoms with van der Waals surface area (Å²) in [5.74, 6) is 0.634. The highest BCUT2D eigenvalue weighted by atomic mass is 16.5. The zero-order chi connectivity index (χ0) is 10.4. The zero-order valence-corrected chi connectivity index (χ0v) is 9.46. The van der Waals surface area contributed by atoms with Gasteiger partial charge in [0, 0.05) is 25.2 Å². The number of hydrogen-bond donors (Lipinski definition) is 2. The lowest BCUT2D eigenvalue weighted by atomic mass is 10.2. The summed E-state index contributed by atoms with van der Waals surface area (Å²) in [5, 5.41) is 3.48. The third kappa shape index (κ3) is 4.94. The molecule has 0 aliphatic heterocycles. The second kappa shape index (κ2) is 6.38. The Morgan fingerprint density at radius 2 is 2.21 bits per heavy atom. The molecule has 2 unspecified atom stereocenters. The van der Waals surface area contributed by atoms with Crippen LogP contribution in [0.15, 0.2) is 0 Å².